The van der Waals surface area contributed by atoms with Gasteiger partial charge in [0, 0.05) is 11.8 Å². The molecule has 4 fully saturated rings. The molecule has 0 bridgehead atoms. The Balaban J connectivity index is 1.06. The number of carbonyl (C=O) groups excluding carboxylic acids is 1. The molecule has 5 aliphatic rings. The lowest BCUT2D eigenvalue weighted by atomic mass is 9.41. The van der Waals surface area contributed by atoms with E-state index in [1.54, 1.807) is 19.4 Å². The number of ether oxygens (including phenoxy) is 2. The highest BCUT2D eigenvalue weighted by molar-refractivity contribution is 5.69. The summed E-state index contributed by atoms with van der Waals surface area (Å²) in [5.41, 5.74) is 1.20. The van der Waals surface area contributed by atoms with E-state index in [1.165, 1.54) is 109 Å². The summed E-state index contributed by atoms with van der Waals surface area (Å²) in [6, 6.07) is 0. The largest absolute Gasteiger partial charge is 0.462 e. The third-order valence-corrected chi connectivity index (χ3v) is 16.7. The van der Waals surface area contributed by atoms with Crippen LogP contribution in [-0.4, -0.2) is 46.7 Å². The Labute approximate surface area is 326 Å². The molecule has 2 N–H and O–H groups in total. The minimum Gasteiger partial charge on any atom is -0.462 e. The van der Waals surface area contributed by atoms with Gasteiger partial charge in [0.05, 0.1) is 18.3 Å². The Hall–Kier alpha value is -0.910. The van der Waals surface area contributed by atoms with Gasteiger partial charge in [0.25, 0.3) is 0 Å². The fourth-order valence-electron chi connectivity index (χ4n) is 13.3. The molecule has 53 heavy (non-hydrogen) atoms. The molecule has 5 heteroatoms. The van der Waals surface area contributed by atoms with Gasteiger partial charge >= 0.3 is 5.97 Å². The van der Waals surface area contributed by atoms with Gasteiger partial charge in [-0.2, -0.15) is 0 Å². The van der Waals surface area contributed by atoms with Crippen molar-refractivity contribution in [3.05, 3.63) is 11.6 Å². The van der Waals surface area contributed by atoms with Gasteiger partial charge in [-0.3, -0.25) is 4.79 Å². The van der Waals surface area contributed by atoms with Crippen molar-refractivity contribution in [3.8, 4) is 0 Å². The number of aliphatic hydroxyl groups is 2. The first-order chi connectivity index (χ1) is 25.1. The highest BCUT2D eigenvalue weighted by Crippen LogP contribution is 2.73. The Morgan fingerprint density at radius 2 is 1.42 bits per heavy atom. The van der Waals surface area contributed by atoms with Crippen molar-refractivity contribution in [1.29, 1.82) is 0 Å². The molecule has 1 saturated heterocycles. The summed E-state index contributed by atoms with van der Waals surface area (Å²) in [4.78, 5) is 13.2. The van der Waals surface area contributed by atoms with E-state index in [9.17, 15) is 15.0 Å². The van der Waals surface area contributed by atoms with Crippen molar-refractivity contribution in [2.24, 2.45) is 45.3 Å². The molecule has 0 spiro atoms. The normalized spacial score (nSPS) is 38.1. The summed E-state index contributed by atoms with van der Waals surface area (Å²) < 4.78 is 12.6. The average molecular weight is 741 g/mol. The van der Waals surface area contributed by atoms with E-state index in [0.717, 1.165) is 38.5 Å². The van der Waals surface area contributed by atoms with Crippen molar-refractivity contribution in [3.63, 3.8) is 0 Å². The molecular formula is C48H84O5. The molecule has 5 rings (SSSR count). The van der Waals surface area contributed by atoms with Crippen LogP contribution in [0, 0.1) is 45.3 Å². The van der Waals surface area contributed by atoms with Crippen molar-refractivity contribution in [2.75, 3.05) is 6.61 Å². The summed E-state index contributed by atoms with van der Waals surface area (Å²) in [5, 5.41) is 21.6. The minimum absolute atomic E-state index is 0.00474. The van der Waals surface area contributed by atoms with E-state index in [-0.39, 0.29) is 33.7 Å². The highest BCUT2D eigenvalue weighted by atomic mass is 16.5. The smallest absolute Gasteiger partial charge is 0.306 e. The zero-order valence-corrected chi connectivity index (χ0v) is 35.9. The first-order valence-corrected chi connectivity index (χ1v) is 23.0. The summed E-state index contributed by atoms with van der Waals surface area (Å²) in [6.45, 7) is 18.9. The maximum atomic E-state index is 13.2. The molecule has 2 unspecified atom stereocenters. The molecule has 0 aromatic heterocycles. The monoisotopic (exact) mass is 741 g/mol. The molecule has 306 valence electrons. The second kappa shape index (κ2) is 18.1. The molecule has 10 atom stereocenters. The second-order valence-corrected chi connectivity index (χ2v) is 20.9. The van der Waals surface area contributed by atoms with Crippen molar-refractivity contribution < 1.29 is 24.5 Å². The van der Waals surface area contributed by atoms with E-state index in [4.69, 9.17) is 9.47 Å². The Morgan fingerprint density at radius 1 is 0.830 bits per heavy atom. The molecule has 0 radical (unpaired) electrons. The maximum Gasteiger partial charge on any atom is 0.306 e. The van der Waals surface area contributed by atoms with E-state index < -0.39 is 17.8 Å². The van der Waals surface area contributed by atoms with Crippen LogP contribution < -0.4 is 0 Å². The molecule has 3 saturated carbocycles. The number of rotatable bonds is 19. The van der Waals surface area contributed by atoms with Gasteiger partial charge in [0.15, 0.2) is 0 Å². The van der Waals surface area contributed by atoms with Crippen LogP contribution in [0.1, 0.15) is 209 Å². The number of hydrogen-bond acceptors (Lipinski definition) is 5. The zero-order chi connectivity index (χ0) is 38.5. The molecule has 4 aliphatic carbocycles. The SMILES string of the molecule is CCCCCCCCCCCCCCCCCC(=O)O[C@H]1CC[C@@]2(C)C(CC=C3[C@@H]2CC[C@@]2(C)[C@H](C4CO[C@@H](C(C)(C)O)[C@H](O)C4)CC[C@]32C)C1(C)C. The standard InChI is InChI=1S/C48H84O5/c1-9-10-11-12-13-14-15-16-17-18-19-20-21-22-23-24-42(50)53-41-29-30-46(6)37-28-32-47(7)36(35-33-39(49)43(52-34-35)45(4,5)51)27-31-48(47,8)38(37)25-26-40(46)44(41,2)3/h25,35-37,39-41,43,49,51H,9-24,26-34H2,1-8H3/t35?,36-,37-,39+,40?,41-,43+,46+,47-,48+/m0/s1. The predicted octanol–water partition coefficient (Wildman–Crippen LogP) is 12.3. The van der Waals surface area contributed by atoms with Crippen molar-refractivity contribution in [2.45, 2.75) is 233 Å². The lowest BCUT2D eigenvalue weighted by Gasteiger charge is -2.64. The van der Waals surface area contributed by atoms with Crippen LogP contribution in [0.15, 0.2) is 11.6 Å². The Kier molecular flexibility index (Phi) is 14.8. The van der Waals surface area contributed by atoms with E-state index in [1.807, 2.05) is 0 Å². The van der Waals surface area contributed by atoms with Gasteiger partial charge in [0.1, 0.15) is 12.2 Å². The van der Waals surface area contributed by atoms with Crippen LogP contribution in [0.3, 0.4) is 0 Å². The van der Waals surface area contributed by atoms with Crippen LogP contribution in [0.2, 0.25) is 0 Å². The van der Waals surface area contributed by atoms with Crippen LogP contribution >= 0.6 is 0 Å². The topological polar surface area (TPSA) is 76.0 Å². The number of hydrogen-bond donors (Lipinski definition) is 2. The number of esters is 1. The van der Waals surface area contributed by atoms with Gasteiger partial charge in [0.2, 0.25) is 0 Å². The summed E-state index contributed by atoms with van der Waals surface area (Å²) in [7, 11) is 0. The van der Waals surface area contributed by atoms with E-state index in [2.05, 4.69) is 47.6 Å². The first-order valence-electron chi connectivity index (χ1n) is 23.0. The Morgan fingerprint density at radius 3 is 1.98 bits per heavy atom. The second-order valence-electron chi connectivity index (χ2n) is 20.9. The minimum atomic E-state index is -1.04. The van der Waals surface area contributed by atoms with E-state index >= 15 is 0 Å². The third-order valence-electron chi connectivity index (χ3n) is 16.7. The number of aliphatic hydroxyl groups excluding tert-OH is 1. The lowest BCUT2D eigenvalue weighted by Crippen LogP contribution is -2.59. The molecule has 5 nitrogen and oxygen atoms in total. The number of carbonyl (C=O) groups is 1. The summed E-state index contributed by atoms with van der Waals surface area (Å²) >= 11 is 0. The summed E-state index contributed by atoms with van der Waals surface area (Å²) in [5.74, 6) is 1.97. The first kappa shape index (κ1) is 43.2. The van der Waals surface area contributed by atoms with Gasteiger partial charge in [-0.25, -0.2) is 0 Å². The number of unbranched alkanes of at least 4 members (excludes halogenated alkanes) is 14. The summed E-state index contributed by atoms with van der Waals surface area (Å²) in [6.07, 6.45) is 30.9. The van der Waals surface area contributed by atoms with Crippen LogP contribution in [0.5, 0.6) is 0 Å². The molecular weight excluding hydrogens is 657 g/mol. The van der Waals surface area contributed by atoms with E-state index in [0.29, 0.717) is 36.7 Å². The van der Waals surface area contributed by atoms with Crippen LogP contribution in [0.25, 0.3) is 0 Å². The third kappa shape index (κ3) is 9.29. The number of fused-ring (bicyclic) bond motifs is 5. The molecule has 0 aromatic carbocycles. The average Bonchev–Trinajstić information content (AvgIpc) is 3.38. The van der Waals surface area contributed by atoms with Crippen molar-refractivity contribution in [1.82, 2.24) is 0 Å². The Bertz CT molecular complexity index is 1200. The highest BCUT2D eigenvalue weighted by Gasteiger charge is 2.66. The van der Waals surface area contributed by atoms with Crippen molar-refractivity contribution >= 4 is 5.97 Å². The van der Waals surface area contributed by atoms with Gasteiger partial charge in [-0.1, -0.05) is 143 Å². The lowest BCUT2D eigenvalue weighted by molar-refractivity contribution is -0.189. The van der Waals surface area contributed by atoms with Crippen LogP contribution in [-0.2, 0) is 14.3 Å². The molecule has 0 aromatic rings. The number of allylic oxidation sites excluding steroid dienone is 2. The quantitative estimate of drug-likeness (QED) is 0.0783. The maximum absolute atomic E-state index is 13.2. The van der Waals surface area contributed by atoms with Gasteiger partial charge in [-0.15, -0.1) is 0 Å². The van der Waals surface area contributed by atoms with Crippen LogP contribution in [0.4, 0.5) is 0 Å². The molecule has 1 aliphatic heterocycles. The predicted molar refractivity (Wildman–Crippen MR) is 219 cm³/mol. The molecule has 1 heterocycles. The fourth-order valence-corrected chi connectivity index (χ4v) is 13.3. The zero-order valence-electron chi connectivity index (χ0n) is 35.9. The fraction of sp³-hybridized carbons (Fsp3) is 0.938. The van der Waals surface area contributed by atoms with Gasteiger partial charge in [-0.05, 0) is 112 Å². The van der Waals surface area contributed by atoms with Gasteiger partial charge < -0.3 is 19.7 Å². The molecule has 0 amide bonds.